The molecule has 8 heteroatoms. The van der Waals surface area contributed by atoms with E-state index in [9.17, 15) is 18.0 Å². The van der Waals surface area contributed by atoms with Gasteiger partial charge in [0, 0.05) is 26.2 Å². The molecule has 2 rings (SSSR count). The highest BCUT2D eigenvalue weighted by Crippen LogP contribution is 2.22. The van der Waals surface area contributed by atoms with Crippen LogP contribution in [0.25, 0.3) is 0 Å². The molecule has 0 saturated heterocycles. The van der Waals surface area contributed by atoms with Gasteiger partial charge in [-0.15, -0.1) is 0 Å². The maximum Gasteiger partial charge on any atom is 0.251 e. The number of carbonyl (C=O) groups is 2. The lowest BCUT2D eigenvalue weighted by atomic mass is 9.86. The summed E-state index contributed by atoms with van der Waals surface area (Å²) in [4.78, 5) is 25.0. The zero-order chi connectivity index (χ0) is 23.4. The Balaban J connectivity index is 1.92. The molecule has 0 aromatic heterocycles. The summed E-state index contributed by atoms with van der Waals surface area (Å²) in [6, 6.07) is 12.9. The Bertz CT molecular complexity index is 1020. The van der Waals surface area contributed by atoms with Gasteiger partial charge in [-0.2, -0.15) is 0 Å². The van der Waals surface area contributed by atoms with E-state index in [1.54, 1.807) is 31.2 Å². The van der Waals surface area contributed by atoms with Crippen molar-refractivity contribution in [3.8, 4) is 0 Å². The van der Waals surface area contributed by atoms with Crippen LogP contribution in [0.4, 0.5) is 0 Å². The quantitative estimate of drug-likeness (QED) is 0.685. The minimum atomic E-state index is -3.49. The van der Waals surface area contributed by atoms with E-state index in [-0.39, 0.29) is 28.7 Å². The molecule has 7 nitrogen and oxygen atoms in total. The van der Waals surface area contributed by atoms with Crippen molar-refractivity contribution in [1.82, 2.24) is 14.9 Å². The molecule has 0 aliphatic rings. The highest BCUT2D eigenvalue weighted by Gasteiger charge is 2.19. The van der Waals surface area contributed by atoms with Gasteiger partial charge in [-0.1, -0.05) is 45.0 Å². The van der Waals surface area contributed by atoms with Crippen molar-refractivity contribution in [2.75, 3.05) is 14.1 Å². The molecular weight excluding hydrogens is 414 g/mol. The minimum Gasteiger partial charge on any atom is -0.350 e. The van der Waals surface area contributed by atoms with Gasteiger partial charge in [-0.25, -0.2) is 12.7 Å². The Morgan fingerprint density at radius 1 is 0.968 bits per heavy atom. The number of nitrogens with zero attached hydrogens (tertiary/aromatic N) is 1. The Morgan fingerprint density at radius 2 is 1.52 bits per heavy atom. The summed E-state index contributed by atoms with van der Waals surface area (Å²) in [7, 11) is -0.550. The zero-order valence-corrected chi connectivity index (χ0v) is 19.7. The van der Waals surface area contributed by atoms with Crippen LogP contribution in [-0.4, -0.2) is 44.7 Å². The summed E-state index contributed by atoms with van der Waals surface area (Å²) in [6.45, 7) is 8.14. The van der Waals surface area contributed by atoms with E-state index >= 15 is 0 Å². The predicted octanol–water partition coefficient (Wildman–Crippen LogP) is 2.67. The molecular formula is C23H31N3O4S. The number of rotatable bonds is 7. The number of benzene rings is 2. The van der Waals surface area contributed by atoms with Crippen molar-refractivity contribution in [2.45, 2.75) is 50.6 Å². The third-order valence-electron chi connectivity index (χ3n) is 4.92. The molecule has 0 aliphatic carbocycles. The van der Waals surface area contributed by atoms with Crippen molar-refractivity contribution in [1.29, 1.82) is 0 Å². The second-order valence-corrected chi connectivity index (χ2v) is 10.8. The van der Waals surface area contributed by atoms with Crippen molar-refractivity contribution < 1.29 is 18.0 Å². The molecule has 0 aliphatic heterocycles. The van der Waals surface area contributed by atoms with E-state index in [0.717, 1.165) is 15.4 Å². The van der Waals surface area contributed by atoms with E-state index < -0.39 is 16.1 Å². The van der Waals surface area contributed by atoms with Crippen molar-refractivity contribution >= 4 is 21.8 Å². The topological polar surface area (TPSA) is 95.6 Å². The fraction of sp³-hybridized carbons (Fsp3) is 0.391. The lowest BCUT2D eigenvalue weighted by Gasteiger charge is -2.19. The molecule has 168 valence electrons. The minimum absolute atomic E-state index is 0.00294. The predicted molar refractivity (Wildman–Crippen MR) is 121 cm³/mol. The van der Waals surface area contributed by atoms with Crippen LogP contribution in [0, 0.1) is 0 Å². The first-order valence-corrected chi connectivity index (χ1v) is 11.5. The molecule has 0 heterocycles. The maximum absolute atomic E-state index is 12.4. The van der Waals surface area contributed by atoms with Gasteiger partial charge in [0.15, 0.2) is 0 Å². The van der Waals surface area contributed by atoms with Crippen LogP contribution in [0.2, 0.25) is 0 Å². The SMILES string of the molecule is CC(NC(=O)c1ccc(C(C)(C)C)cc1)C(=O)NCc1ccc(S(=O)(=O)N(C)C)cc1. The highest BCUT2D eigenvalue weighted by atomic mass is 32.2. The average molecular weight is 446 g/mol. The number of carbonyl (C=O) groups excluding carboxylic acids is 2. The molecule has 2 aromatic rings. The second-order valence-electron chi connectivity index (χ2n) is 8.67. The molecule has 2 amide bonds. The number of sulfonamides is 1. The van der Waals surface area contributed by atoms with E-state index in [0.29, 0.717) is 5.56 Å². The molecule has 2 aromatic carbocycles. The van der Waals surface area contributed by atoms with E-state index in [4.69, 9.17) is 0 Å². The van der Waals surface area contributed by atoms with Gasteiger partial charge in [0.2, 0.25) is 15.9 Å². The number of nitrogens with one attached hydrogen (secondary N) is 2. The molecule has 0 saturated carbocycles. The lowest BCUT2D eigenvalue weighted by Crippen LogP contribution is -2.44. The Labute approximate surface area is 184 Å². The van der Waals surface area contributed by atoms with Gasteiger partial charge < -0.3 is 10.6 Å². The monoisotopic (exact) mass is 445 g/mol. The largest absolute Gasteiger partial charge is 0.350 e. The summed E-state index contributed by atoms with van der Waals surface area (Å²) in [5.41, 5.74) is 2.36. The van der Waals surface area contributed by atoms with Gasteiger partial charge in [-0.3, -0.25) is 9.59 Å². The molecule has 31 heavy (non-hydrogen) atoms. The van der Waals surface area contributed by atoms with Gasteiger partial charge >= 0.3 is 0 Å². The Kier molecular flexibility index (Phi) is 7.62. The number of amides is 2. The Morgan fingerprint density at radius 3 is 2.00 bits per heavy atom. The molecule has 2 N–H and O–H groups in total. The van der Waals surface area contributed by atoms with Crippen LogP contribution in [0.15, 0.2) is 53.4 Å². The highest BCUT2D eigenvalue weighted by molar-refractivity contribution is 7.89. The molecule has 0 fully saturated rings. The van der Waals surface area contributed by atoms with Gasteiger partial charge in [0.1, 0.15) is 6.04 Å². The van der Waals surface area contributed by atoms with Crippen molar-refractivity contribution in [3.05, 3.63) is 65.2 Å². The first kappa shape index (κ1) is 24.6. The molecule has 0 spiro atoms. The molecule has 0 bridgehead atoms. The zero-order valence-electron chi connectivity index (χ0n) is 18.9. The first-order valence-electron chi connectivity index (χ1n) is 10.0. The van der Waals surface area contributed by atoms with Crippen LogP contribution in [-0.2, 0) is 26.8 Å². The summed E-state index contributed by atoms with van der Waals surface area (Å²) in [5, 5.41) is 5.45. The normalized spacial score (nSPS) is 13.0. The van der Waals surface area contributed by atoms with Crippen LogP contribution in [0.5, 0.6) is 0 Å². The van der Waals surface area contributed by atoms with Gasteiger partial charge in [-0.05, 0) is 47.7 Å². The molecule has 1 unspecified atom stereocenters. The summed E-state index contributed by atoms with van der Waals surface area (Å²) < 4.78 is 25.3. The summed E-state index contributed by atoms with van der Waals surface area (Å²) >= 11 is 0. The van der Waals surface area contributed by atoms with Crippen LogP contribution < -0.4 is 10.6 Å². The number of hydrogen-bond donors (Lipinski definition) is 2. The molecule has 0 radical (unpaired) electrons. The fourth-order valence-corrected chi connectivity index (χ4v) is 3.70. The van der Waals surface area contributed by atoms with E-state index in [2.05, 4.69) is 31.4 Å². The van der Waals surface area contributed by atoms with Crippen LogP contribution >= 0.6 is 0 Å². The summed E-state index contributed by atoms with van der Waals surface area (Å²) in [6.07, 6.45) is 0. The third kappa shape index (κ3) is 6.38. The second kappa shape index (κ2) is 9.62. The van der Waals surface area contributed by atoms with Crippen LogP contribution in [0.3, 0.4) is 0 Å². The smallest absolute Gasteiger partial charge is 0.251 e. The third-order valence-corrected chi connectivity index (χ3v) is 6.75. The van der Waals surface area contributed by atoms with E-state index in [1.165, 1.54) is 26.2 Å². The first-order chi connectivity index (χ1) is 14.3. The summed E-state index contributed by atoms with van der Waals surface area (Å²) in [5.74, 6) is -0.647. The van der Waals surface area contributed by atoms with Gasteiger partial charge in [0.25, 0.3) is 5.91 Å². The fourth-order valence-electron chi connectivity index (χ4n) is 2.80. The van der Waals surface area contributed by atoms with Crippen molar-refractivity contribution in [2.24, 2.45) is 0 Å². The molecule has 1 atom stereocenters. The van der Waals surface area contributed by atoms with Gasteiger partial charge in [0.05, 0.1) is 4.90 Å². The Hall–Kier alpha value is -2.71. The standard InChI is InChI=1S/C23H31N3O4S/c1-16(25-22(28)18-9-11-19(12-10-18)23(2,3)4)21(27)24-15-17-7-13-20(14-8-17)31(29,30)26(5)6/h7-14,16H,15H2,1-6H3,(H,24,27)(H,25,28). The maximum atomic E-state index is 12.4. The van der Waals surface area contributed by atoms with Crippen LogP contribution in [0.1, 0.15) is 49.2 Å². The number of hydrogen-bond acceptors (Lipinski definition) is 4. The average Bonchev–Trinajstić information content (AvgIpc) is 2.71. The van der Waals surface area contributed by atoms with Crippen molar-refractivity contribution in [3.63, 3.8) is 0 Å². The van der Waals surface area contributed by atoms with E-state index in [1.807, 2.05) is 12.1 Å². The lowest BCUT2D eigenvalue weighted by molar-refractivity contribution is -0.122.